The van der Waals surface area contributed by atoms with E-state index in [0.29, 0.717) is 18.0 Å². The SMILES string of the molecule is COc1cc(Br)cc(C)c1NC(=O)N(C)Cc1ccc(OC(F)F)cc1. The van der Waals surface area contributed by atoms with E-state index in [1.54, 1.807) is 25.2 Å². The Hall–Kier alpha value is -2.35. The molecule has 0 spiro atoms. The fourth-order valence-electron chi connectivity index (χ4n) is 2.36. The molecule has 26 heavy (non-hydrogen) atoms. The van der Waals surface area contributed by atoms with Gasteiger partial charge in [0.2, 0.25) is 0 Å². The van der Waals surface area contributed by atoms with Crippen molar-refractivity contribution in [1.29, 1.82) is 0 Å². The number of carbonyl (C=O) groups is 1. The van der Waals surface area contributed by atoms with Crippen LogP contribution >= 0.6 is 15.9 Å². The maximum atomic E-state index is 12.5. The van der Waals surface area contributed by atoms with Crippen LogP contribution in [0.4, 0.5) is 19.3 Å². The van der Waals surface area contributed by atoms with Gasteiger partial charge >= 0.3 is 12.6 Å². The number of nitrogens with one attached hydrogen (secondary N) is 1. The summed E-state index contributed by atoms with van der Waals surface area (Å²) in [6.45, 7) is -0.693. The molecule has 140 valence electrons. The lowest BCUT2D eigenvalue weighted by molar-refractivity contribution is -0.0498. The van der Waals surface area contributed by atoms with Crippen molar-refractivity contribution in [3.8, 4) is 11.5 Å². The van der Waals surface area contributed by atoms with Crippen LogP contribution < -0.4 is 14.8 Å². The van der Waals surface area contributed by atoms with E-state index < -0.39 is 6.61 Å². The molecule has 2 amide bonds. The Morgan fingerprint density at radius 2 is 1.92 bits per heavy atom. The maximum Gasteiger partial charge on any atom is 0.387 e. The Labute approximate surface area is 159 Å². The van der Waals surface area contributed by atoms with Gasteiger partial charge in [-0.25, -0.2) is 4.79 Å². The van der Waals surface area contributed by atoms with Crippen molar-refractivity contribution in [3.05, 3.63) is 52.0 Å². The van der Waals surface area contributed by atoms with Crippen LogP contribution in [-0.4, -0.2) is 31.7 Å². The van der Waals surface area contributed by atoms with Gasteiger partial charge in [0.05, 0.1) is 12.8 Å². The van der Waals surface area contributed by atoms with Crippen LogP contribution in [0.3, 0.4) is 0 Å². The number of benzene rings is 2. The van der Waals surface area contributed by atoms with E-state index in [9.17, 15) is 13.6 Å². The number of amides is 2. The predicted molar refractivity (Wildman–Crippen MR) is 99.0 cm³/mol. The first-order valence-electron chi connectivity index (χ1n) is 7.70. The second kappa shape index (κ2) is 8.84. The minimum Gasteiger partial charge on any atom is -0.495 e. The van der Waals surface area contributed by atoms with Gasteiger partial charge in [0.15, 0.2) is 0 Å². The molecule has 2 aromatic carbocycles. The Bertz CT molecular complexity index is 770. The average molecular weight is 429 g/mol. The van der Waals surface area contributed by atoms with Gasteiger partial charge in [0.1, 0.15) is 11.5 Å². The molecule has 2 aromatic rings. The zero-order valence-electron chi connectivity index (χ0n) is 14.6. The topological polar surface area (TPSA) is 50.8 Å². The highest BCUT2D eigenvalue weighted by Crippen LogP contribution is 2.32. The third-order valence-corrected chi connectivity index (χ3v) is 4.09. The van der Waals surface area contributed by atoms with Crippen LogP contribution in [0.25, 0.3) is 0 Å². The first-order chi connectivity index (χ1) is 12.3. The number of methoxy groups -OCH3 is 1. The molecule has 2 rings (SSSR count). The van der Waals surface area contributed by atoms with Gasteiger partial charge in [-0.3, -0.25) is 0 Å². The molecule has 0 aliphatic rings. The van der Waals surface area contributed by atoms with Gasteiger partial charge in [-0.05, 0) is 42.3 Å². The maximum absolute atomic E-state index is 12.5. The first kappa shape index (κ1) is 20.0. The van der Waals surface area contributed by atoms with Crippen molar-refractivity contribution < 1.29 is 23.0 Å². The van der Waals surface area contributed by atoms with Gasteiger partial charge in [-0.15, -0.1) is 0 Å². The molecule has 0 heterocycles. The molecule has 0 atom stereocenters. The summed E-state index contributed by atoms with van der Waals surface area (Å²) in [6.07, 6.45) is 0. The molecule has 0 aromatic heterocycles. The minimum atomic E-state index is -2.86. The summed E-state index contributed by atoms with van der Waals surface area (Å²) in [4.78, 5) is 13.9. The number of hydrogen-bond acceptors (Lipinski definition) is 3. The van der Waals surface area contributed by atoms with Gasteiger partial charge in [0, 0.05) is 18.1 Å². The number of nitrogens with zero attached hydrogens (tertiary/aromatic N) is 1. The van der Waals surface area contributed by atoms with Crippen LogP contribution in [0.1, 0.15) is 11.1 Å². The van der Waals surface area contributed by atoms with Crippen LogP contribution in [-0.2, 0) is 6.54 Å². The van der Waals surface area contributed by atoms with Crippen molar-refractivity contribution in [2.75, 3.05) is 19.5 Å². The highest BCUT2D eigenvalue weighted by Gasteiger charge is 2.15. The molecule has 0 radical (unpaired) electrons. The van der Waals surface area contributed by atoms with Gasteiger partial charge in [0.25, 0.3) is 0 Å². The number of rotatable bonds is 6. The molecule has 0 unspecified atom stereocenters. The molecule has 0 saturated carbocycles. The third kappa shape index (κ3) is 5.32. The Kier molecular flexibility index (Phi) is 6.79. The average Bonchev–Trinajstić information content (AvgIpc) is 2.58. The largest absolute Gasteiger partial charge is 0.495 e. The molecule has 0 fully saturated rings. The zero-order valence-corrected chi connectivity index (χ0v) is 16.1. The number of ether oxygens (including phenoxy) is 2. The van der Waals surface area contributed by atoms with E-state index in [4.69, 9.17) is 4.74 Å². The molecule has 1 N–H and O–H groups in total. The second-order valence-corrected chi connectivity index (χ2v) is 6.52. The number of aryl methyl sites for hydroxylation is 1. The smallest absolute Gasteiger partial charge is 0.387 e. The standard InChI is InChI=1S/C18H19BrF2N2O3/c1-11-8-13(19)9-15(25-3)16(11)22-18(24)23(2)10-12-4-6-14(7-5-12)26-17(20)21/h4-9,17H,10H2,1-3H3,(H,22,24). The Balaban J connectivity index is 2.04. The summed E-state index contributed by atoms with van der Waals surface area (Å²) in [7, 11) is 3.17. The van der Waals surface area contributed by atoms with Crippen LogP contribution in [0.2, 0.25) is 0 Å². The van der Waals surface area contributed by atoms with E-state index in [-0.39, 0.29) is 11.8 Å². The van der Waals surface area contributed by atoms with Crippen molar-refractivity contribution in [2.24, 2.45) is 0 Å². The van der Waals surface area contributed by atoms with Crippen molar-refractivity contribution in [3.63, 3.8) is 0 Å². The molecule has 0 saturated heterocycles. The first-order valence-corrected chi connectivity index (χ1v) is 8.49. The van der Waals surface area contributed by atoms with E-state index in [1.807, 2.05) is 13.0 Å². The summed E-state index contributed by atoms with van der Waals surface area (Å²) < 4.78 is 34.8. The van der Waals surface area contributed by atoms with Crippen LogP contribution in [0, 0.1) is 6.92 Å². The fraction of sp³-hybridized carbons (Fsp3) is 0.278. The predicted octanol–water partition coefficient (Wildman–Crippen LogP) is 5.03. The van der Waals surface area contributed by atoms with E-state index in [1.165, 1.54) is 24.1 Å². The van der Waals surface area contributed by atoms with Gasteiger partial charge in [-0.2, -0.15) is 8.78 Å². The van der Waals surface area contributed by atoms with Gasteiger partial charge in [-0.1, -0.05) is 28.1 Å². The number of halogens is 3. The highest BCUT2D eigenvalue weighted by molar-refractivity contribution is 9.10. The molecular weight excluding hydrogens is 410 g/mol. The van der Waals surface area contributed by atoms with E-state index in [0.717, 1.165) is 15.6 Å². The fourth-order valence-corrected chi connectivity index (χ4v) is 2.91. The lowest BCUT2D eigenvalue weighted by Crippen LogP contribution is -2.31. The van der Waals surface area contributed by atoms with Crippen LogP contribution in [0.5, 0.6) is 11.5 Å². The number of carbonyl (C=O) groups excluding carboxylic acids is 1. The number of anilines is 1. The Morgan fingerprint density at radius 1 is 1.27 bits per heavy atom. The molecule has 5 nitrogen and oxygen atoms in total. The normalized spacial score (nSPS) is 10.6. The summed E-state index contributed by atoms with van der Waals surface area (Å²) >= 11 is 3.39. The number of hydrogen-bond donors (Lipinski definition) is 1. The van der Waals surface area contributed by atoms with Crippen molar-refractivity contribution in [2.45, 2.75) is 20.1 Å². The zero-order chi connectivity index (χ0) is 19.3. The Morgan fingerprint density at radius 3 is 2.50 bits per heavy atom. The number of urea groups is 1. The lowest BCUT2D eigenvalue weighted by Gasteiger charge is -2.20. The highest BCUT2D eigenvalue weighted by atomic mass is 79.9. The summed E-state index contributed by atoms with van der Waals surface area (Å²) in [5.41, 5.74) is 2.23. The summed E-state index contributed by atoms with van der Waals surface area (Å²) in [5, 5.41) is 2.83. The number of alkyl halides is 2. The quantitative estimate of drug-likeness (QED) is 0.701. The molecule has 0 bridgehead atoms. The van der Waals surface area contributed by atoms with Crippen molar-refractivity contribution in [1.82, 2.24) is 4.90 Å². The molecule has 8 heteroatoms. The van der Waals surface area contributed by atoms with E-state index in [2.05, 4.69) is 26.0 Å². The third-order valence-electron chi connectivity index (χ3n) is 3.63. The van der Waals surface area contributed by atoms with E-state index >= 15 is 0 Å². The molecular formula is C18H19BrF2N2O3. The monoisotopic (exact) mass is 428 g/mol. The lowest BCUT2D eigenvalue weighted by atomic mass is 10.2. The van der Waals surface area contributed by atoms with Gasteiger partial charge < -0.3 is 19.7 Å². The van der Waals surface area contributed by atoms with Crippen molar-refractivity contribution >= 4 is 27.6 Å². The van der Waals surface area contributed by atoms with Crippen LogP contribution in [0.15, 0.2) is 40.9 Å². The summed E-state index contributed by atoms with van der Waals surface area (Å²) in [5.74, 6) is 0.623. The second-order valence-electron chi connectivity index (χ2n) is 5.61. The molecule has 0 aliphatic carbocycles. The molecule has 0 aliphatic heterocycles. The summed E-state index contributed by atoms with van der Waals surface area (Å²) in [6, 6.07) is 9.47. The minimum absolute atomic E-state index is 0.0751.